The maximum absolute atomic E-state index is 13.8. The zero-order chi connectivity index (χ0) is 28.0. The van der Waals surface area contributed by atoms with Gasteiger partial charge in [0, 0.05) is 43.2 Å². The molecule has 2 aromatic carbocycles. The fourth-order valence-electron chi connectivity index (χ4n) is 4.12. The molecule has 0 unspecified atom stereocenters. The lowest BCUT2D eigenvalue weighted by Crippen LogP contribution is -2.32. The molecule has 0 saturated carbocycles. The molecule has 0 radical (unpaired) electrons. The minimum Gasteiger partial charge on any atom is -0.493 e. The van der Waals surface area contributed by atoms with Crippen LogP contribution in [0.15, 0.2) is 65.8 Å². The maximum Gasteiger partial charge on any atom is 0.260 e. The SMILES string of the molecule is CCCCN(CC)S(=O)(=O)c1ccc(C(=O)N(Cc2cccnc2)c2nc3cc(OC)c(OC)cc3s2)cc1. The van der Waals surface area contributed by atoms with Gasteiger partial charge in [-0.15, -0.1) is 0 Å². The van der Waals surface area contributed by atoms with Gasteiger partial charge in [0.2, 0.25) is 10.0 Å². The molecule has 0 spiro atoms. The first-order chi connectivity index (χ1) is 18.8. The van der Waals surface area contributed by atoms with Crippen LogP contribution in [0.3, 0.4) is 0 Å². The molecule has 0 aliphatic carbocycles. The number of hydrogen-bond acceptors (Lipinski definition) is 8. The standard InChI is InChI=1S/C28H32N4O5S2/c1-5-7-15-31(6-2)39(34,35)22-12-10-21(11-13-22)27(33)32(19-20-9-8-14-29-18-20)28-30-23-16-24(36-3)25(37-4)17-26(23)38-28/h8-14,16-18H,5-7,15,19H2,1-4H3. The lowest BCUT2D eigenvalue weighted by Gasteiger charge is -2.21. The molecule has 0 saturated heterocycles. The van der Waals surface area contributed by atoms with Crippen molar-refractivity contribution in [3.05, 3.63) is 72.1 Å². The van der Waals surface area contributed by atoms with Crippen LogP contribution in [-0.2, 0) is 16.6 Å². The number of thiazole rings is 1. The fraction of sp³-hybridized carbons (Fsp3) is 0.321. The molecular formula is C28H32N4O5S2. The van der Waals surface area contributed by atoms with Crippen molar-refractivity contribution in [3.8, 4) is 11.5 Å². The Morgan fingerprint density at radius 2 is 1.74 bits per heavy atom. The van der Waals surface area contributed by atoms with Crippen molar-refractivity contribution < 1.29 is 22.7 Å². The van der Waals surface area contributed by atoms with Crippen molar-refractivity contribution >= 4 is 42.6 Å². The zero-order valence-corrected chi connectivity index (χ0v) is 24.1. The summed E-state index contributed by atoms with van der Waals surface area (Å²) in [7, 11) is -0.526. The number of anilines is 1. The summed E-state index contributed by atoms with van der Waals surface area (Å²) in [6, 6.07) is 13.4. The number of ether oxygens (including phenoxy) is 2. The van der Waals surface area contributed by atoms with Crippen molar-refractivity contribution in [1.29, 1.82) is 0 Å². The highest BCUT2D eigenvalue weighted by Gasteiger charge is 2.26. The summed E-state index contributed by atoms with van der Waals surface area (Å²) in [5.74, 6) is 0.810. The molecule has 0 atom stereocenters. The largest absolute Gasteiger partial charge is 0.493 e. The van der Waals surface area contributed by atoms with E-state index in [2.05, 4.69) is 4.98 Å². The van der Waals surface area contributed by atoms with E-state index in [4.69, 9.17) is 14.5 Å². The predicted octanol–water partition coefficient (Wildman–Crippen LogP) is 5.37. The molecule has 0 bridgehead atoms. The van der Waals surface area contributed by atoms with Crippen LogP contribution in [0.4, 0.5) is 5.13 Å². The summed E-state index contributed by atoms with van der Waals surface area (Å²) in [4.78, 5) is 24.5. The van der Waals surface area contributed by atoms with Crippen LogP contribution in [-0.4, -0.2) is 55.9 Å². The Kier molecular flexibility index (Phi) is 9.16. The van der Waals surface area contributed by atoms with Gasteiger partial charge in [0.15, 0.2) is 16.6 Å². The second kappa shape index (κ2) is 12.5. The molecule has 1 amide bonds. The smallest absolute Gasteiger partial charge is 0.260 e. The molecule has 39 heavy (non-hydrogen) atoms. The Morgan fingerprint density at radius 3 is 2.36 bits per heavy atom. The van der Waals surface area contributed by atoms with Crippen LogP contribution in [0.25, 0.3) is 10.2 Å². The van der Waals surface area contributed by atoms with Crippen molar-refractivity contribution in [2.45, 2.75) is 38.1 Å². The van der Waals surface area contributed by atoms with Gasteiger partial charge >= 0.3 is 0 Å². The summed E-state index contributed by atoms with van der Waals surface area (Å²) in [5, 5.41) is 0.489. The van der Waals surface area contributed by atoms with Gasteiger partial charge in [-0.2, -0.15) is 4.31 Å². The summed E-state index contributed by atoms with van der Waals surface area (Å²) in [6.07, 6.45) is 5.06. The number of hydrogen-bond donors (Lipinski definition) is 0. The summed E-state index contributed by atoms with van der Waals surface area (Å²) >= 11 is 1.35. The first-order valence-electron chi connectivity index (χ1n) is 12.7. The molecular weight excluding hydrogens is 536 g/mol. The number of pyridine rings is 1. The third-order valence-corrected chi connectivity index (χ3v) is 9.30. The maximum atomic E-state index is 13.8. The number of fused-ring (bicyclic) bond motifs is 1. The van der Waals surface area contributed by atoms with Crippen LogP contribution >= 0.6 is 11.3 Å². The first kappa shape index (κ1) is 28.5. The van der Waals surface area contributed by atoms with Gasteiger partial charge in [0.1, 0.15) is 0 Å². The fourth-order valence-corrected chi connectivity index (χ4v) is 6.58. The number of carbonyl (C=O) groups is 1. The molecule has 0 N–H and O–H groups in total. The van der Waals surface area contributed by atoms with E-state index in [1.807, 2.05) is 32.0 Å². The average Bonchev–Trinajstić information content (AvgIpc) is 3.38. The van der Waals surface area contributed by atoms with Crippen molar-refractivity contribution in [1.82, 2.24) is 14.3 Å². The van der Waals surface area contributed by atoms with Crippen LogP contribution in [0.1, 0.15) is 42.6 Å². The Labute approximate surface area is 233 Å². The third kappa shape index (κ3) is 6.21. The van der Waals surface area contributed by atoms with Gasteiger partial charge < -0.3 is 9.47 Å². The number of benzene rings is 2. The number of unbranched alkanes of at least 4 members (excludes halogenated alkanes) is 1. The first-order valence-corrected chi connectivity index (χ1v) is 14.9. The Balaban J connectivity index is 1.70. The van der Waals surface area contributed by atoms with E-state index >= 15 is 0 Å². The van der Waals surface area contributed by atoms with Crippen molar-refractivity contribution in [2.24, 2.45) is 0 Å². The van der Waals surface area contributed by atoms with Crippen LogP contribution < -0.4 is 14.4 Å². The Bertz CT molecular complexity index is 1480. The van der Waals surface area contributed by atoms with Gasteiger partial charge in [0.05, 0.1) is 35.9 Å². The van der Waals surface area contributed by atoms with E-state index in [1.54, 1.807) is 49.7 Å². The van der Waals surface area contributed by atoms with E-state index in [0.717, 1.165) is 23.1 Å². The number of sulfonamides is 1. The van der Waals surface area contributed by atoms with E-state index in [9.17, 15) is 13.2 Å². The predicted molar refractivity (Wildman–Crippen MR) is 153 cm³/mol. The van der Waals surface area contributed by atoms with E-state index in [1.165, 1.54) is 27.8 Å². The molecule has 11 heteroatoms. The topological polar surface area (TPSA) is 102 Å². The van der Waals surface area contributed by atoms with Crippen molar-refractivity contribution in [2.75, 3.05) is 32.2 Å². The molecule has 0 aliphatic rings. The number of amides is 1. The number of carbonyl (C=O) groups excluding carboxylic acids is 1. The van der Waals surface area contributed by atoms with Crippen LogP contribution in [0.2, 0.25) is 0 Å². The highest BCUT2D eigenvalue weighted by atomic mass is 32.2. The summed E-state index contributed by atoms with van der Waals surface area (Å²) in [5.41, 5.74) is 1.85. The van der Waals surface area contributed by atoms with Crippen molar-refractivity contribution in [3.63, 3.8) is 0 Å². The van der Waals surface area contributed by atoms with Gasteiger partial charge in [-0.25, -0.2) is 13.4 Å². The minimum absolute atomic E-state index is 0.162. The third-order valence-electron chi connectivity index (χ3n) is 6.27. The number of methoxy groups -OCH3 is 2. The molecule has 206 valence electrons. The van der Waals surface area contributed by atoms with Gasteiger partial charge in [0.25, 0.3) is 5.91 Å². The molecule has 0 aliphatic heterocycles. The highest BCUT2D eigenvalue weighted by Crippen LogP contribution is 2.38. The second-order valence-corrected chi connectivity index (χ2v) is 11.7. The minimum atomic E-state index is -3.65. The summed E-state index contributed by atoms with van der Waals surface area (Å²) in [6.45, 7) is 4.93. The average molecular weight is 569 g/mol. The van der Waals surface area contributed by atoms with Gasteiger partial charge in [-0.05, 0) is 42.3 Å². The zero-order valence-electron chi connectivity index (χ0n) is 22.5. The van der Waals surface area contributed by atoms with E-state index in [-0.39, 0.29) is 17.3 Å². The number of nitrogens with zero attached hydrogens (tertiary/aromatic N) is 4. The number of rotatable bonds is 12. The monoisotopic (exact) mass is 568 g/mol. The van der Waals surface area contributed by atoms with E-state index in [0.29, 0.717) is 40.8 Å². The highest BCUT2D eigenvalue weighted by molar-refractivity contribution is 7.89. The van der Waals surface area contributed by atoms with Gasteiger partial charge in [-0.1, -0.05) is 37.7 Å². The molecule has 0 fully saturated rings. The molecule has 4 rings (SSSR count). The molecule has 2 heterocycles. The normalized spacial score (nSPS) is 11.6. The molecule has 4 aromatic rings. The quantitative estimate of drug-likeness (QED) is 0.227. The van der Waals surface area contributed by atoms with Gasteiger partial charge in [-0.3, -0.25) is 14.7 Å². The lowest BCUT2D eigenvalue weighted by molar-refractivity contribution is 0.0985. The van der Waals surface area contributed by atoms with Crippen LogP contribution in [0, 0.1) is 0 Å². The van der Waals surface area contributed by atoms with Crippen LogP contribution in [0.5, 0.6) is 11.5 Å². The number of aromatic nitrogens is 2. The van der Waals surface area contributed by atoms with E-state index < -0.39 is 10.0 Å². The second-order valence-electron chi connectivity index (χ2n) is 8.80. The lowest BCUT2D eigenvalue weighted by atomic mass is 10.2. The Morgan fingerprint density at radius 1 is 1.03 bits per heavy atom. The molecule has 2 aromatic heterocycles. The summed E-state index contributed by atoms with van der Waals surface area (Å²) < 4.78 is 39.4. The Hall–Kier alpha value is -3.54. The molecule has 9 nitrogen and oxygen atoms in total.